The fraction of sp³-hybridized carbons (Fsp3) is 0.375. The van der Waals surface area contributed by atoms with E-state index in [1.807, 2.05) is 18.2 Å². The minimum absolute atomic E-state index is 0.143. The van der Waals surface area contributed by atoms with Crippen molar-refractivity contribution in [3.63, 3.8) is 0 Å². The second-order valence-electron chi connectivity index (χ2n) is 4.59. The molecule has 0 bridgehead atoms. The highest BCUT2D eigenvalue weighted by Gasteiger charge is 2.12. The van der Waals surface area contributed by atoms with Gasteiger partial charge in [-0.05, 0) is 13.8 Å². The van der Waals surface area contributed by atoms with Crippen LogP contribution in [0.3, 0.4) is 0 Å². The molecule has 0 aliphatic carbocycles. The molecule has 1 aromatic rings. The van der Waals surface area contributed by atoms with E-state index in [2.05, 4.69) is 25.6 Å². The first-order valence-electron chi connectivity index (χ1n) is 7.32. The Balaban J connectivity index is 2.53. The predicted molar refractivity (Wildman–Crippen MR) is 92.2 cm³/mol. The van der Waals surface area contributed by atoms with Gasteiger partial charge in [-0.25, -0.2) is 0 Å². The monoisotopic (exact) mass is 334 g/mol. The quantitative estimate of drug-likeness (QED) is 0.421. The summed E-state index contributed by atoms with van der Waals surface area (Å²) >= 11 is 0. The van der Waals surface area contributed by atoms with Crippen molar-refractivity contribution in [2.24, 2.45) is 15.5 Å². The van der Waals surface area contributed by atoms with Crippen LogP contribution in [-0.2, 0) is 19.3 Å². The van der Waals surface area contributed by atoms with E-state index in [1.165, 1.54) is 14.2 Å². The maximum atomic E-state index is 11.9. The molecule has 1 amide bonds. The molecule has 0 fully saturated rings. The molecule has 1 N–H and O–H groups in total. The largest absolute Gasteiger partial charge is 0.399 e. The predicted octanol–water partition coefficient (Wildman–Crippen LogP) is 1.57. The summed E-state index contributed by atoms with van der Waals surface area (Å²) in [6.07, 6.45) is 0. The Labute approximate surface area is 141 Å². The molecule has 8 nitrogen and oxygen atoms in total. The molecular formula is C16H22N4O4. The van der Waals surface area contributed by atoms with Crippen molar-refractivity contribution >= 4 is 23.0 Å². The first-order valence-corrected chi connectivity index (χ1v) is 7.32. The number of rotatable bonds is 9. The summed E-state index contributed by atoms with van der Waals surface area (Å²) in [4.78, 5) is 26.7. The average Bonchev–Trinajstić information content (AvgIpc) is 2.61. The standard InChI is InChI=1S/C16H22N4O4/c1-12(18-22-4)13(2)19-23-10-11-24-20-15(16(21)17-3)14-8-6-5-7-9-14/h5-9H,10-11H2,1-4H3,(H,17,21)/b18-12+,19-13+,20-15+. The van der Waals surface area contributed by atoms with Crippen LogP contribution in [0.5, 0.6) is 0 Å². The third kappa shape index (κ3) is 6.47. The maximum absolute atomic E-state index is 11.9. The Morgan fingerprint density at radius 3 is 2.17 bits per heavy atom. The topological polar surface area (TPSA) is 93.9 Å². The van der Waals surface area contributed by atoms with E-state index in [0.29, 0.717) is 17.0 Å². The van der Waals surface area contributed by atoms with E-state index in [1.54, 1.807) is 26.0 Å². The molecule has 0 spiro atoms. The van der Waals surface area contributed by atoms with Gasteiger partial charge in [-0.2, -0.15) is 0 Å². The number of nitrogens with zero attached hydrogens (tertiary/aromatic N) is 3. The fourth-order valence-corrected chi connectivity index (χ4v) is 1.54. The Kier molecular flexibility index (Phi) is 8.59. The van der Waals surface area contributed by atoms with Gasteiger partial charge in [0.25, 0.3) is 5.91 Å². The highest BCUT2D eigenvalue weighted by molar-refractivity contribution is 6.45. The Bertz CT molecular complexity index is 612. The number of amides is 1. The van der Waals surface area contributed by atoms with Crippen molar-refractivity contribution in [1.29, 1.82) is 0 Å². The molecule has 0 aliphatic heterocycles. The average molecular weight is 334 g/mol. The molecule has 0 radical (unpaired) electrons. The van der Waals surface area contributed by atoms with Crippen molar-refractivity contribution in [2.45, 2.75) is 13.8 Å². The summed E-state index contributed by atoms with van der Waals surface area (Å²) < 4.78 is 0. The van der Waals surface area contributed by atoms with Gasteiger partial charge in [0.15, 0.2) is 18.9 Å². The Morgan fingerprint density at radius 1 is 1.00 bits per heavy atom. The summed E-state index contributed by atoms with van der Waals surface area (Å²) in [5.41, 5.74) is 2.07. The second-order valence-corrected chi connectivity index (χ2v) is 4.59. The zero-order valence-corrected chi connectivity index (χ0v) is 14.3. The number of carbonyl (C=O) groups is 1. The van der Waals surface area contributed by atoms with Crippen LogP contribution in [0.4, 0.5) is 0 Å². The highest BCUT2D eigenvalue weighted by Crippen LogP contribution is 2.02. The first-order chi connectivity index (χ1) is 11.6. The van der Waals surface area contributed by atoms with Crippen LogP contribution in [0, 0.1) is 0 Å². The molecule has 1 aromatic carbocycles. The third-order valence-corrected chi connectivity index (χ3v) is 2.86. The molecule has 130 valence electrons. The minimum atomic E-state index is -0.331. The van der Waals surface area contributed by atoms with Gasteiger partial charge in [0.2, 0.25) is 0 Å². The Hall–Kier alpha value is -2.90. The summed E-state index contributed by atoms with van der Waals surface area (Å²) in [6, 6.07) is 9.05. The maximum Gasteiger partial charge on any atom is 0.273 e. The van der Waals surface area contributed by atoms with Gasteiger partial charge in [-0.3, -0.25) is 4.79 Å². The molecule has 0 aliphatic rings. The van der Waals surface area contributed by atoms with Gasteiger partial charge in [0.05, 0.1) is 0 Å². The SMILES string of the molecule is CNC(=O)/C(=N/OCCO/N=C(C)/C(C)=N/OC)c1ccccc1. The van der Waals surface area contributed by atoms with E-state index in [0.717, 1.165) is 0 Å². The number of hydrogen-bond donors (Lipinski definition) is 1. The summed E-state index contributed by atoms with van der Waals surface area (Å²) in [7, 11) is 2.99. The summed E-state index contributed by atoms with van der Waals surface area (Å²) in [5, 5.41) is 14.0. The molecule has 0 atom stereocenters. The number of benzene rings is 1. The zero-order chi connectivity index (χ0) is 17.8. The van der Waals surface area contributed by atoms with Crippen LogP contribution in [0.2, 0.25) is 0 Å². The van der Waals surface area contributed by atoms with Crippen molar-refractivity contribution in [3.8, 4) is 0 Å². The van der Waals surface area contributed by atoms with E-state index < -0.39 is 0 Å². The van der Waals surface area contributed by atoms with Crippen LogP contribution < -0.4 is 5.32 Å². The van der Waals surface area contributed by atoms with Crippen LogP contribution in [0.25, 0.3) is 0 Å². The van der Waals surface area contributed by atoms with Gasteiger partial charge in [-0.1, -0.05) is 45.8 Å². The molecule has 0 saturated heterocycles. The lowest BCUT2D eigenvalue weighted by atomic mass is 10.1. The van der Waals surface area contributed by atoms with E-state index in [9.17, 15) is 4.79 Å². The number of hydrogen-bond acceptors (Lipinski definition) is 7. The van der Waals surface area contributed by atoms with Gasteiger partial charge in [0, 0.05) is 12.6 Å². The lowest BCUT2D eigenvalue weighted by Crippen LogP contribution is -2.28. The second kappa shape index (κ2) is 10.8. The van der Waals surface area contributed by atoms with E-state index >= 15 is 0 Å². The fourth-order valence-electron chi connectivity index (χ4n) is 1.54. The lowest BCUT2D eigenvalue weighted by molar-refractivity contribution is -0.114. The molecule has 24 heavy (non-hydrogen) atoms. The number of likely N-dealkylation sites (N-methyl/N-ethyl adjacent to an activating group) is 1. The van der Waals surface area contributed by atoms with Crippen LogP contribution >= 0.6 is 0 Å². The van der Waals surface area contributed by atoms with Crippen LogP contribution in [0.1, 0.15) is 19.4 Å². The minimum Gasteiger partial charge on any atom is -0.399 e. The molecule has 0 unspecified atom stereocenters. The number of carbonyl (C=O) groups excluding carboxylic acids is 1. The van der Waals surface area contributed by atoms with Crippen LogP contribution in [-0.4, -0.2) is 50.4 Å². The first kappa shape index (κ1) is 19.1. The molecular weight excluding hydrogens is 312 g/mol. The molecule has 0 aromatic heterocycles. The van der Waals surface area contributed by atoms with Gasteiger partial charge in [0.1, 0.15) is 18.5 Å². The third-order valence-electron chi connectivity index (χ3n) is 2.86. The summed E-state index contributed by atoms with van der Waals surface area (Å²) in [5.74, 6) is -0.331. The molecule has 8 heteroatoms. The molecule has 1 rings (SSSR count). The van der Waals surface area contributed by atoms with E-state index in [4.69, 9.17) is 9.68 Å². The smallest absolute Gasteiger partial charge is 0.273 e. The molecule has 0 saturated carbocycles. The van der Waals surface area contributed by atoms with Crippen molar-refractivity contribution in [1.82, 2.24) is 5.32 Å². The van der Waals surface area contributed by atoms with Gasteiger partial charge >= 0.3 is 0 Å². The van der Waals surface area contributed by atoms with Crippen molar-refractivity contribution in [3.05, 3.63) is 35.9 Å². The van der Waals surface area contributed by atoms with Crippen molar-refractivity contribution in [2.75, 3.05) is 27.4 Å². The number of nitrogens with one attached hydrogen (secondary N) is 1. The van der Waals surface area contributed by atoms with Crippen molar-refractivity contribution < 1.29 is 19.3 Å². The zero-order valence-electron chi connectivity index (χ0n) is 14.3. The lowest BCUT2D eigenvalue weighted by Gasteiger charge is -2.05. The van der Waals surface area contributed by atoms with E-state index in [-0.39, 0.29) is 24.8 Å². The molecule has 0 heterocycles. The van der Waals surface area contributed by atoms with Crippen LogP contribution in [0.15, 0.2) is 45.8 Å². The highest BCUT2D eigenvalue weighted by atomic mass is 16.7. The van der Waals surface area contributed by atoms with Gasteiger partial charge in [-0.15, -0.1) is 0 Å². The Morgan fingerprint density at radius 2 is 1.58 bits per heavy atom. The summed E-state index contributed by atoms with van der Waals surface area (Å²) in [6.45, 7) is 3.82. The normalized spacial score (nSPS) is 12.6. The van der Waals surface area contributed by atoms with Gasteiger partial charge < -0.3 is 19.8 Å². The number of oxime groups is 3.